The molecule has 3 heteroatoms. The molecule has 0 fully saturated rings. The molecule has 0 aliphatic heterocycles. The lowest BCUT2D eigenvalue weighted by molar-refractivity contribution is 0.719. The van der Waals surface area contributed by atoms with Crippen molar-refractivity contribution in [3.05, 3.63) is 53.2 Å². The summed E-state index contributed by atoms with van der Waals surface area (Å²) in [7, 11) is 0. The molecule has 0 amide bonds. The SMILES string of the molecule is CCNCc1ccc(N(CC)c2ccc(C)cc2)nc1C. The minimum Gasteiger partial charge on any atom is -0.327 e. The van der Waals surface area contributed by atoms with E-state index in [4.69, 9.17) is 4.98 Å². The summed E-state index contributed by atoms with van der Waals surface area (Å²) in [6, 6.07) is 12.9. The summed E-state index contributed by atoms with van der Waals surface area (Å²) in [5.41, 5.74) is 4.83. The van der Waals surface area contributed by atoms with Gasteiger partial charge in [-0.3, -0.25) is 0 Å². The molecule has 2 rings (SSSR count). The van der Waals surface area contributed by atoms with Crippen LogP contribution in [0.3, 0.4) is 0 Å². The van der Waals surface area contributed by atoms with Crippen molar-refractivity contribution in [3.8, 4) is 0 Å². The molecule has 0 aliphatic rings. The van der Waals surface area contributed by atoms with E-state index in [1.54, 1.807) is 0 Å². The van der Waals surface area contributed by atoms with Gasteiger partial charge in [0.2, 0.25) is 0 Å². The summed E-state index contributed by atoms with van der Waals surface area (Å²) in [6.07, 6.45) is 0. The standard InChI is InChI=1S/C18H25N3/c1-5-19-13-16-9-12-18(20-15(16)4)21(6-2)17-10-7-14(3)8-11-17/h7-12,19H,5-6,13H2,1-4H3. The molecule has 0 atom stereocenters. The Bertz CT molecular complexity index is 576. The number of benzene rings is 1. The number of rotatable bonds is 6. The van der Waals surface area contributed by atoms with Crippen molar-refractivity contribution < 1.29 is 0 Å². The van der Waals surface area contributed by atoms with Gasteiger partial charge in [-0.25, -0.2) is 4.98 Å². The van der Waals surface area contributed by atoms with Crippen LogP contribution in [0.2, 0.25) is 0 Å². The highest BCUT2D eigenvalue weighted by molar-refractivity contribution is 5.60. The van der Waals surface area contributed by atoms with Crippen LogP contribution in [0.4, 0.5) is 11.5 Å². The smallest absolute Gasteiger partial charge is 0.133 e. The Kier molecular flexibility index (Phi) is 5.34. The molecule has 0 saturated heterocycles. The fourth-order valence-electron chi connectivity index (χ4n) is 2.38. The summed E-state index contributed by atoms with van der Waals surface area (Å²) >= 11 is 0. The first-order valence-corrected chi connectivity index (χ1v) is 7.67. The van der Waals surface area contributed by atoms with Crippen molar-refractivity contribution in [1.29, 1.82) is 0 Å². The molecule has 3 nitrogen and oxygen atoms in total. The second-order valence-corrected chi connectivity index (χ2v) is 5.27. The maximum atomic E-state index is 4.78. The molecule has 0 unspecified atom stereocenters. The molecule has 0 bridgehead atoms. The van der Waals surface area contributed by atoms with Crippen LogP contribution in [0.1, 0.15) is 30.7 Å². The molecule has 112 valence electrons. The Morgan fingerprint density at radius 3 is 2.29 bits per heavy atom. The molecular formula is C18H25N3. The molecular weight excluding hydrogens is 258 g/mol. The lowest BCUT2D eigenvalue weighted by Gasteiger charge is -2.23. The third kappa shape index (κ3) is 3.82. The fourth-order valence-corrected chi connectivity index (χ4v) is 2.38. The number of aromatic nitrogens is 1. The van der Waals surface area contributed by atoms with E-state index in [2.05, 4.69) is 74.3 Å². The molecule has 1 aromatic heterocycles. The molecule has 0 aliphatic carbocycles. The Morgan fingerprint density at radius 1 is 1.00 bits per heavy atom. The molecule has 1 N–H and O–H groups in total. The fraction of sp³-hybridized carbons (Fsp3) is 0.389. The summed E-state index contributed by atoms with van der Waals surface area (Å²) in [4.78, 5) is 7.02. The maximum absolute atomic E-state index is 4.78. The largest absolute Gasteiger partial charge is 0.327 e. The zero-order chi connectivity index (χ0) is 15.2. The summed E-state index contributed by atoms with van der Waals surface area (Å²) in [5, 5.41) is 3.35. The Balaban J connectivity index is 2.26. The zero-order valence-corrected chi connectivity index (χ0v) is 13.5. The van der Waals surface area contributed by atoms with E-state index in [9.17, 15) is 0 Å². The second kappa shape index (κ2) is 7.23. The average Bonchev–Trinajstić information content (AvgIpc) is 2.49. The van der Waals surface area contributed by atoms with Gasteiger partial charge in [0.05, 0.1) is 0 Å². The Hall–Kier alpha value is -1.87. The highest BCUT2D eigenvalue weighted by Crippen LogP contribution is 2.24. The van der Waals surface area contributed by atoms with E-state index >= 15 is 0 Å². The number of hydrogen-bond donors (Lipinski definition) is 1. The lowest BCUT2D eigenvalue weighted by Crippen LogP contribution is -2.19. The van der Waals surface area contributed by atoms with Crippen molar-refractivity contribution in [2.75, 3.05) is 18.0 Å². The topological polar surface area (TPSA) is 28.2 Å². The van der Waals surface area contributed by atoms with Crippen LogP contribution >= 0.6 is 0 Å². The molecule has 2 aromatic rings. The number of pyridine rings is 1. The normalized spacial score (nSPS) is 10.7. The van der Waals surface area contributed by atoms with E-state index in [0.29, 0.717) is 0 Å². The third-order valence-electron chi connectivity index (χ3n) is 3.68. The van der Waals surface area contributed by atoms with Crippen molar-refractivity contribution in [2.24, 2.45) is 0 Å². The Morgan fingerprint density at radius 2 is 1.71 bits per heavy atom. The van der Waals surface area contributed by atoms with E-state index in [-0.39, 0.29) is 0 Å². The van der Waals surface area contributed by atoms with E-state index in [0.717, 1.165) is 31.1 Å². The van der Waals surface area contributed by atoms with Crippen LogP contribution < -0.4 is 10.2 Å². The van der Waals surface area contributed by atoms with Gasteiger partial charge in [0.15, 0.2) is 0 Å². The van der Waals surface area contributed by atoms with E-state index < -0.39 is 0 Å². The Labute approximate surface area is 128 Å². The van der Waals surface area contributed by atoms with Crippen LogP contribution in [0.15, 0.2) is 36.4 Å². The van der Waals surface area contributed by atoms with Gasteiger partial charge in [-0.1, -0.05) is 30.7 Å². The highest BCUT2D eigenvalue weighted by atomic mass is 15.2. The number of nitrogens with zero attached hydrogens (tertiary/aromatic N) is 2. The van der Waals surface area contributed by atoms with Crippen LogP contribution in [0.5, 0.6) is 0 Å². The van der Waals surface area contributed by atoms with Crippen LogP contribution in [-0.2, 0) is 6.54 Å². The first-order chi connectivity index (χ1) is 10.2. The molecule has 0 radical (unpaired) electrons. The predicted molar refractivity (Wildman–Crippen MR) is 90.2 cm³/mol. The first-order valence-electron chi connectivity index (χ1n) is 7.67. The van der Waals surface area contributed by atoms with Gasteiger partial charge >= 0.3 is 0 Å². The van der Waals surface area contributed by atoms with Gasteiger partial charge in [-0.2, -0.15) is 0 Å². The minimum atomic E-state index is 0.881. The third-order valence-corrected chi connectivity index (χ3v) is 3.68. The average molecular weight is 283 g/mol. The van der Waals surface area contributed by atoms with Gasteiger partial charge in [-0.15, -0.1) is 0 Å². The van der Waals surface area contributed by atoms with Gasteiger partial charge in [0.1, 0.15) is 5.82 Å². The number of nitrogens with one attached hydrogen (secondary N) is 1. The van der Waals surface area contributed by atoms with E-state index in [1.165, 1.54) is 16.8 Å². The van der Waals surface area contributed by atoms with Crippen LogP contribution in [0.25, 0.3) is 0 Å². The second-order valence-electron chi connectivity index (χ2n) is 5.27. The predicted octanol–water partition coefficient (Wildman–Crippen LogP) is 3.97. The summed E-state index contributed by atoms with van der Waals surface area (Å²) in [6.45, 7) is 11.2. The number of aryl methyl sites for hydroxylation is 2. The van der Waals surface area contributed by atoms with Gasteiger partial charge < -0.3 is 10.2 Å². The van der Waals surface area contributed by atoms with Crippen molar-refractivity contribution in [1.82, 2.24) is 10.3 Å². The summed E-state index contributed by atoms with van der Waals surface area (Å²) < 4.78 is 0. The lowest BCUT2D eigenvalue weighted by atomic mass is 10.2. The maximum Gasteiger partial charge on any atom is 0.133 e. The van der Waals surface area contributed by atoms with Gasteiger partial charge in [0.25, 0.3) is 0 Å². The molecule has 0 spiro atoms. The molecule has 21 heavy (non-hydrogen) atoms. The van der Waals surface area contributed by atoms with Gasteiger partial charge in [0, 0.05) is 24.5 Å². The minimum absolute atomic E-state index is 0.881. The first kappa shape index (κ1) is 15.5. The van der Waals surface area contributed by atoms with Crippen molar-refractivity contribution >= 4 is 11.5 Å². The van der Waals surface area contributed by atoms with Crippen molar-refractivity contribution in [3.63, 3.8) is 0 Å². The molecule has 1 heterocycles. The van der Waals surface area contributed by atoms with Crippen molar-refractivity contribution in [2.45, 2.75) is 34.2 Å². The van der Waals surface area contributed by atoms with Crippen LogP contribution in [-0.4, -0.2) is 18.1 Å². The number of hydrogen-bond acceptors (Lipinski definition) is 3. The van der Waals surface area contributed by atoms with Crippen LogP contribution in [0, 0.1) is 13.8 Å². The van der Waals surface area contributed by atoms with E-state index in [1.807, 2.05) is 0 Å². The summed E-state index contributed by atoms with van der Waals surface area (Å²) in [5.74, 6) is 1.01. The zero-order valence-electron chi connectivity index (χ0n) is 13.5. The molecule has 1 aromatic carbocycles. The monoisotopic (exact) mass is 283 g/mol. The quantitative estimate of drug-likeness (QED) is 0.869. The highest BCUT2D eigenvalue weighted by Gasteiger charge is 2.10. The van der Waals surface area contributed by atoms with Gasteiger partial charge in [-0.05, 0) is 51.1 Å². The molecule has 0 saturated carbocycles. The number of anilines is 2.